The van der Waals surface area contributed by atoms with Crippen LogP contribution in [0.5, 0.6) is 0 Å². The Kier molecular flexibility index (Phi) is 4.28. The summed E-state index contributed by atoms with van der Waals surface area (Å²) in [6.07, 6.45) is 5.76. The molecule has 4 heterocycles. The molecule has 3 aliphatic rings. The van der Waals surface area contributed by atoms with E-state index in [9.17, 15) is 9.59 Å². The van der Waals surface area contributed by atoms with Crippen LogP contribution in [0, 0.1) is 11.8 Å². The van der Waals surface area contributed by atoms with Crippen LogP contribution in [0.25, 0.3) is 0 Å². The van der Waals surface area contributed by atoms with Crippen molar-refractivity contribution < 1.29 is 19.1 Å². The molecule has 1 aromatic heterocycles. The van der Waals surface area contributed by atoms with Crippen molar-refractivity contribution in [3.8, 4) is 0 Å². The average molecular weight is 361 g/mol. The number of hydrogen-bond donors (Lipinski definition) is 1. The predicted octanol–water partition coefficient (Wildman–Crippen LogP) is -1.00. The maximum absolute atomic E-state index is 12.8. The van der Waals surface area contributed by atoms with Crippen LogP contribution < -0.4 is 5.32 Å². The molecule has 1 aromatic rings. The molecule has 4 rings (SSSR count). The van der Waals surface area contributed by atoms with Gasteiger partial charge in [-0.25, -0.2) is 0 Å². The minimum atomic E-state index is -0.626. The Hall–Kier alpha value is -2.26. The largest absolute Gasteiger partial charge is 0.383 e. The lowest BCUT2D eigenvalue weighted by atomic mass is 9.77. The first-order valence-electron chi connectivity index (χ1n) is 8.81. The fourth-order valence-corrected chi connectivity index (χ4v) is 4.26. The Labute approximate surface area is 151 Å². The zero-order valence-corrected chi connectivity index (χ0v) is 14.9. The summed E-state index contributed by atoms with van der Waals surface area (Å²) >= 11 is 0. The summed E-state index contributed by atoms with van der Waals surface area (Å²) in [5.74, 6) is -0.259. The zero-order chi connectivity index (χ0) is 18.3. The molecule has 9 heteroatoms. The van der Waals surface area contributed by atoms with Gasteiger partial charge < -0.3 is 24.3 Å². The monoisotopic (exact) mass is 361 g/mol. The number of rotatable bonds is 7. The highest BCUT2D eigenvalue weighted by Gasteiger charge is 2.66. The molecule has 2 saturated heterocycles. The maximum Gasteiger partial charge on any atom is 0.229 e. The van der Waals surface area contributed by atoms with Gasteiger partial charge in [-0.15, -0.1) is 10.2 Å². The van der Waals surface area contributed by atoms with Crippen molar-refractivity contribution >= 4 is 11.8 Å². The molecule has 26 heavy (non-hydrogen) atoms. The van der Waals surface area contributed by atoms with E-state index in [0.29, 0.717) is 32.7 Å². The second-order valence-electron chi connectivity index (χ2n) is 7.07. The van der Waals surface area contributed by atoms with Crippen LogP contribution in [0.3, 0.4) is 0 Å². The molecule has 9 nitrogen and oxygen atoms in total. The molecule has 0 aliphatic carbocycles. The zero-order valence-electron chi connectivity index (χ0n) is 14.9. The number of nitrogens with one attached hydrogen (secondary N) is 1. The van der Waals surface area contributed by atoms with Crippen LogP contribution in [-0.2, 0) is 32.0 Å². The molecular weight excluding hydrogens is 338 g/mol. The van der Waals surface area contributed by atoms with Crippen molar-refractivity contribution in [2.45, 2.75) is 24.7 Å². The predicted molar refractivity (Wildman–Crippen MR) is 90.0 cm³/mol. The number of nitrogens with zero attached hydrogens (tertiary/aromatic N) is 4. The highest BCUT2D eigenvalue weighted by molar-refractivity contribution is 5.92. The number of methoxy groups -OCH3 is 1. The van der Waals surface area contributed by atoms with Crippen LogP contribution in [0.4, 0.5) is 0 Å². The summed E-state index contributed by atoms with van der Waals surface area (Å²) in [6.45, 7) is 2.18. The van der Waals surface area contributed by atoms with Gasteiger partial charge in [0, 0.05) is 33.7 Å². The molecule has 0 unspecified atom stereocenters. The standard InChI is InChI=1S/C17H23N5O4/c1-21-9-17-5-3-11(26-17)13(14(17)16(21)24)15(23)18-6-4-12-20-19-10-22(12)7-8-25-2/h3,5,10-11,13-14H,4,6-9H2,1-2H3,(H,18,23)/t11-,13-,14+,17-/m0/s1. The molecule has 1 N–H and O–H groups in total. The van der Waals surface area contributed by atoms with Gasteiger partial charge in [0.1, 0.15) is 17.8 Å². The number of aromatic nitrogens is 3. The van der Waals surface area contributed by atoms with E-state index in [1.807, 2.05) is 16.7 Å². The minimum Gasteiger partial charge on any atom is -0.383 e. The molecule has 0 aromatic carbocycles. The second kappa shape index (κ2) is 6.48. The number of hydrogen-bond acceptors (Lipinski definition) is 6. The number of fused-ring (bicyclic) bond motifs is 1. The number of amides is 2. The van der Waals surface area contributed by atoms with E-state index in [-0.39, 0.29) is 17.9 Å². The molecule has 2 fully saturated rings. The fraction of sp³-hybridized carbons (Fsp3) is 0.647. The summed E-state index contributed by atoms with van der Waals surface area (Å²) in [5.41, 5.74) is -0.626. The average Bonchev–Trinajstić information content (AvgIpc) is 3.35. The maximum atomic E-state index is 12.8. The van der Waals surface area contributed by atoms with Crippen molar-refractivity contribution in [1.29, 1.82) is 0 Å². The van der Waals surface area contributed by atoms with Crippen LogP contribution in [0.1, 0.15) is 5.82 Å². The Morgan fingerprint density at radius 3 is 3.19 bits per heavy atom. The van der Waals surface area contributed by atoms with Gasteiger partial charge in [0.15, 0.2) is 0 Å². The number of likely N-dealkylation sites (tertiary alicyclic amines) is 1. The topological polar surface area (TPSA) is 98.6 Å². The van der Waals surface area contributed by atoms with Gasteiger partial charge in [-0.2, -0.15) is 0 Å². The van der Waals surface area contributed by atoms with Gasteiger partial charge in [-0.3, -0.25) is 9.59 Å². The number of carbonyl (C=O) groups excluding carboxylic acids is 2. The van der Waals surface area contributed by atoms with Crippen molar-refractivity contribution in [2.75, 3.05) is 33.9 Å². The summed E-state index contributed by atoms with van der Waals surface area (Å²) < 4.78 is 13.0. The quantitative estimate of drug-likeness (QED) is 0.625. The van der Waals surface area contributed by atoms with Crippen molar-refractivity contribution in [3.63, 3.8) is 0 Å². The van der Waals surface area contributed by atoms with E-state index in [4.69, 9.17) is 9.47 Å². The first-order valence-corrected chi connectivity index (χ1v) is 8.81. The smallest absolute Gasteiger partial charge is 0.229 e. The van der Waals surface area contributed by atoms with Gasteiger partial charge in [-0.1, -0.05) is 12.2 Å². The number of carbonyl (C=O) groups is 2. The third-order valence-corrected chi connectivity index (χ3v) is 5.47. The van der Waals surface area contributed by atoms with E-state index in [1.165, 1.54) is 0 Å². The van der Waals surface area contributed by atoms with E-state index in [1.54, 1.807) is 25.4 Å². The van der Waals surface area contributed by atoms with Gasteiger partial charge in [-0.05, 0) is 0 Å². The molecule has 0 saturated carbocycles. The molecule has 2 bridgehead atoms. The van der Waals surface area contributed by atoms with E-state index < -0.39 is 17.4 Å². The van der Waals surface area contributed by atoms with E-state index >= 15 is 0 Å². The van der Waals surface area contributed by atoms with Crippen molar-refractivity contribution in [1.82, 2.24) is 25.0 Å². The minimum absolute atomic E-state index is 0.0173. The Balaban J connectivity index is 1.37. The third-order valence-electron chi connectivity index (χ3n) is 5.47. The lowest BCUT2D eigenvalue weighted by Crippen LogP contribution is -2.44. The number of ether oxygens (including phenoxy) is 2. The van der Waals surface area contributed by atoms with Crippen molar-refractivity contribution in [2.24, 2.45) is 11.8 Å². The summed E-state index contributed by atoms with van der Waals surface area (Å²) in [4.78, 5) is 26.9. The summed E-state index contributed by atoms with van der Waals surface area (Å²) in [7, 11) is 3.40. The second-order valence-corrected chi connectivity index (χ2v) is 7.07. The van der Waals surface area contributed by atoms with Gasteiger partial charge in [0.25, 0.3) is 0 Å². The summed E-state index contributed by atoms with van der Waals surface area (Å²) in [5, 5.41) is 10.9. The van der Waals surface area contributed by atoms with E-state index in [2.05, 4.69) is 15.5 Å². The molecule has 2 amide bonds. The number of likely N-dealkylation sites (N-methyl/N-ethyl adjacent to an activating group) is 1. The molecule has 0 radical (unpaired) electrons. The highest BCUT2D eigenvalue weighted by atomic mass is 16.5. The molecule has 4 atom stereocenters. The lowest BCUT2D eigenvalue weighted by Gasteiger charge is -2.23. The Morgan fingerprint density at radius 1 is 1.54 bits per heavy atom. The van der Waals surface area contributed by atoms with E-state index in [0.717, 1.165) is 5.82 Å². The highest BCUT2D eigenvalue weighted by Crippen LogP contribution is 2.51. The van der Waals surface area contributed by atoms with Gasteiger partial charge >= 0.3 is 0 Å². The van der Waals surface area contributed by atoms with Crippen molar-refractivity contribution in [3.05, 3.63) is 24.3 Å². The first-order chi connectivity index (χ1) is 12.6. The Morgan fingerprint density at radius 2 is 2.38 bits per heavy atom. The molecule has 1 spiro atoms. The van der Waals surface area contributed by atoms with Gasteiger partial charge in [0.05, 0.1) is 31.1 Å². The first kappa shape index (κ1) is 17.2. The van der Waals surface area contributed by atoms with Crippen LogP contribution in [-0.4, -0.2) is 77.0 Å². The summed E-state index contributed by atoms with van der Waals surface area (Å²) in [6, 6.07) is 0. The van der Waals surface area contributed by atoms with Gasteiger partial charge in [0.2, 0.25) is 11.8 Å². The normalized spacial score (nSPS) is 31.7. The van der Waals surface area contributed by atoms with Crippen LogP contribution >= 0.6 is 0 Å². The van der Waals surface area contributed by atoms with Crippen LogP contribution in [0.2, 0.25) is 0 Å². The fourth-order valence-electron chi connectivity index (χ4n) is 4.26. The third kappa shape index (κ3) is 2.62. The van der Waals surface area contributed by atoms with Crippen LogP contribution in [0.15, 0.2) is 18.5 Å². The lowest BCUT2D eigenvalue weighted by molar-refractivity contribution is -0.136. The molecule has 140 valence electrons. The molecule has 3 aliphatic heterocycles. The SMILES string of the molecule is COCCn1cnnc1CCNC(=O)[C@H]1[C@@H]2C=C[C@@]3(CN(C)C(=O)[C@@H]13)O2. The molecular formula is C17H23N5O4. The Bertz CT molecular complexity index is 747.